The standard InChI is InChI=1S/C17H30BrNOS/c1-5-7-9-11-13-17(3,12-10-8-6-2)16-19-14(18)15(20-4)21-16/h5-13H2,1-4H3. The number of thiazole rings is 1. The monoisotopic (exact) mass is 375 g/mol. The quantitative estimate of drug-likeness (QED) is 0.400. The summed E-state index contributed by atoms with van der Waals surface area (Å²) in [6.07, 6.45) is 11.6. The van der Waals surface area contributed by atoms with Crippen molar-refractivity contribution in [2.24, 2.45) is 0 Å². The normalized spacial score (nSPS) is 14.1. The number of aromatic nitrogens is 1. The largest absolute Gasteiger partial charge is 0.485 e. The lowest BCUT2D eigenvalue weighted by Gasteiger charge is -2.27. The number of methoxy groups -OCH3 is 1. The molecule has 0 aliphatic heterocycles. The molecule has 1 heterocycles. The highest BCUT2D eigenvalue weighted by molar-refractivity contribution is 9.10. The molecule has 0 amide bonds. The fourth-order valence-corrected chi connectivity index (χ4v) is 4.39. The van der Waals surface area contributed by atoms with E-state index in [0.29, 0.717) is 0 Å². The first kappa shape index (κ1) is 19.0. The lowest BCUT2D eigenvalue weighted by atomic mass is 9.80. The summed E-state index contributed by atoms with van der Waals surface area (Å²) in [6.45, 7) is 6.92. The Bertz CT molecular complexity index is 407. The van der Waals surface area contributed by atoms with Crippen LogP contribution in [-0.2, 0) is 5.41 Å². The highest BCUT2D eigenvalue weighted by Gasteiger charge is 2.30. The molecule has 0 aliphatic rings. The van der Waals surface area contributed by atoms with E-state index in [-0.39, 0.29) is 5.41 Å². The van der Waals surface area contributed by atoms with E-state index in [4.69, 9.17) is 9.72 Å². The Kier molecular flexibility index (Phi) is 8.88. The third-order valence-electron chi connectivity index (χ3n) is 4.17. The minimum Gasteiger partial charge on any atom is -0.485 e. The molecule has 0 bridgehead atoms. The molecule has 1 aromatic heterocycles. The third-order valence-corrected chi connectivity index (χ3v) is 6.30. The van der Waals surface area contributed by atoms with Gasteiger partial charge in [-0.2, -0.15) is 0 Å². The lowest BCUT2D eigenvalue weighted by molar-refractivity contribution is 0.364. The smallest absolute Gasteiger partial charge is 0.208 e. The van der Waals surface area contributed by atoms with Crippen LogP contribution in [0.1, 0.15) is 83.6 Å². The highest BCUT2D eigenvalue weighted by Crippen LogP contribution is 2.42. The number of halogens is 1. The molecular formula is C17H30BrNOS. The maximum Gasteiger partial charge on any atom is 0.208 e. The summed E-state index contributed by atoms with van der Waals surface area (Å²) in [6, 6.07) is 0. The van der Waals surface area contributed by atoms with Crippen LogP contribution in [0.4, 0.5) is 0 Å². The molecule has 1 aromatic rings. The molecule has 1 unspecified atom stereocenters. The summed E-state index contributed by atoms with van der Waals surface area (Å²) in [5.41, 5.74) is 0.201. The van der Waals surface area contributed by atoms with Gasteiger partial charge in [0.1, 0.15) is 5.01 Å². The number of hydrogen-bond acceptors (Lipinski definition) is 3. The molecule has 1 rings (SSSR count). The fourth-order valence-electron chi connectivity index (χ4n) is 2.72. The average molecular weight is 376 g/mol. The van der Waals surface area contributed by atoms with Gasteiger partial charge in [0, 0.05) is 5.41 Å². The second-order valence-corrected chi connectivity index (χ2v) is 7.84. The van der Waals surface area contributed by atoms with Crippen LogP contribution in [0.15, 0.2) is 4.60 Å². The maximum atomic E-state index is 5.40. The number of unbranched alkanes of at least 4 members (excludes halogenated alkanes) is 5. The summed E-state index contributed by atoms with van der Waals surface area (Å²) in [7, 11) is 1.72. The second kappa shape index (κ2) is 9.83. The van der Waals surface area contributed by atoms with E-state index >= 15 is 0 Å². The zero-order valence-corrected chi connectivity index (χ0v) is 16.4. The summed E-state index contributed by atoms with van der Waals surface area (Å²) >= 11 is 5.23. The predicted octanol–water partition coefficient (Wildman–Crippen LogP) is 6.72. The Hall–Kier alpha value is -0.0900. The second-order valence-electron chi connectivity index (χ2n) is 6.13. The Morgan fingerprint density at radius 3 is 2.14 bits per heavy atom. The Balaban J connectivity index is 2.77. The van der Waals surface area contributed by atoms with Gasteiger partial charge in [-0.1, -0.05) is 77.1 Å². The van der Waals surface area contributed by atoms with Crippen molar-refractivity contribution in [3.05, 3.63) is 9.61 Å². The molecule has 1 atom stereocenters. The molecule has 4 heteroatoms. The maximum absolute atomic E-state index is 5.40. The van der Waals surface area contributed by atoms with Crippen molar-refractivity contribution < 1.29 is 4.74 Å². The van der Waals surface area contributed by atoms with Gasteiger partial charge in [0.25, 0.3) is 0 Å². The van der Waals surface area contributed by atoms with Gasteiger partial charge in [-0.25, -0.2) is 4.98 Å². The van der Waals surface area contributed by atoms with Gasteiger partial charge in [0.15, 0.2) is 4.60 Å². The Morgan fingerprint density at radius 1 is 1.05 bits per heavy atom. The van der Waals surface area contributed by atoms with E-state index in [9.17, 15) is 0 Å². The van der Waals surface area contributed by atoms with Crippen molar-refractivity contribution in [1.29, 1.82) is 0 Å². The highest BCUT2D eigenvalue weighted by atomic mass is 79.9. The molecule has 0 radical (unpaired) electrons. The minimum atomic E-state index is 0.201. The molecule has 0 spiro atoms. The van der Waals surface area contributed by atoms with Crippen molar-refractivity contribution in [2.75, 3.05) is 7.11 Å². The van der Waals surface area contributed by atoms with E-state index < -0.39 is 0 Å². The van der Waals surface area contributed by atoms with Crippen molar-refractivity contribution in [2.45, 2.75) is 84.0 Å². The van der Waals surface area contributed by atoms with Crippen LogP contribution >= 0.6 is 27.3 Å². The number of rotatable bonds is 11. The fraction of sp³-hybridized carbons (Fsp3) is 0.824. The average Bonchev–Trinajstić information content (AvgIpc) is 2.86. The van der Waals surface area contributed by atoms with Gasteiger partial charge in [0.05, 0.1) is 7.11 Å². The molecule has 0 aliphatic carbocycles. The number of nitrogens with zero attached hydrogens (tertiary/aromatic N) is 1. The molecule has 122 valence electrons. The number of ether oxygens (including phenoxy) is 1. The number of hydrogen-bond donors (Lipinski definition) is 0. The van der Waals surface area contributed by atoms with Crippen LogP contribution in [0.2, 0.25) is 0 Å². The van der Waals surface area contributed by atoms with Gasteiger partial charge in [-0.3, -0.25) is 0 Å². The van der Waals surface area contributed by atoms with E-state index in [1.54, 1.807) is 18.4 Å². The van der Waals surface area contributed by atoms with Crippen LogP contribution < -0.4 is 4.74 Å². The molecule has 0 fully saturated rings. The van der Waals surface area contributed by atoms with Gasteiger partial charge in [-0.15, -0.1) is 0 Å². The van der Waals surface area contributed by atoms with Crippen LogP contribution in [0.5, 0.6) is 5.06 Å². The van der Waals surface area contributed by atoms with E-state index in [2.05, 4.69) is 36.7 Å². The van der Waals surface area contributed by atoms with Gasteiger partial charge < -0.3 is 4.74 Å². The summed E-state index contributed by atoms with van der Waals surface area (Å²) in [5, 5.41) is 2.14. The first-order valence-corrected chi connectivity index (χ1v) is 9.89. The van der Waals surface area contributed by atoms with Crippen molar-refractivity contribution in [1.82, 2.24) is 4.98 Å². The molecule has 0 saturated carbocycles. The van der Waals surface area contributed by atoms with E-state index in [1.165, 1.54) is 62.8 Å². The zero-order valence-electron chi connectivity index (χ0n) is 14.0. The van der Waals surface area contributed by atoms with Crippen molar-refractivity contribution >= 4 is 27.3 Å². The molecule has 21 heavy (non-hydrogen) atoms. The Morgan fingerprint density at radius 2 is 1.62 bits per heavy atom. The van der Waals surface area contributed by atoms with Crippen molar-refractivity contribution in [3.8, 4) is 5.06 Å². The topological polar surface area (TPSA) is 22.1 Å². The summed E-state index contributed by atoms with van der Waals surface area (Å²) in [4.78, 5) is 4.74. The molecular weight excluding hydrogens is 346 g/mol. The Labute approximate surface area is 142 Å². The first-order valence-electron chi connectivity index (χ1n) is 8.28. The molecule has 0 aromatic carbocycles. The van der Waals surface area contributed by atoms with Crippen LogP contribution in [-0.4, -0.2) is 12.1 Å². The predicted molar refractivity (Wildman–Crippen MR) is 96.6 cm³/mol. The molecule has 0 N–H and O–H groups in total. The van der Waals surface area contributed by atoms with Crippen LogP contribution in [0, 0.1) is 0 Å². The summed E-state index contributed by atoms with van der Waals surface area (Å²) < 4.78 is 6.26. The van der Waals surface area contributed by atoms with Gasteiger partial charge in [-0.05, 0) is 28.8 Å². The minimum absolute atomic E-state index is 0.201. The van der Waals surface area contributed by atoms with Crippen LogP contribution in [0.25, 0.3) is 0 Å². The lowest BCUT2D eigenvalue weighted by Crippen LogP contribution is -2.22. The van der Waals surface area contributed by atoms with Crippen molar-refractivity contribution in [3.63, 3.8) is 0 Å². The third kappa shape index (κ3) is 5.90. The summed E-state index contributed by atoms with van der Waals surface area (Å²) in [5.74, 6) is 0. The van der Waals surface area contributed by atoms with Gasteiger partial charge in [0.2, 0.25) is 5.06 Å². The first-order chi connectivity index (χ1) is 10.1. The van der Waals surface area contributed by atoms with E-state index in [0.717, 1.165) is 9.67 Å². The SMILES string of the molecule is CCCCCCC(C)(CCCCC)c1nc(Br)c(OC)s1. The zero-order chi connectivity index (χ0) is 15.7. The van der Waals surface area contributed by atoms with Gasteiger partial charge >= 0.3 is 0 Å². The molecule has 0 saturated heterocycles. The van der Waals surface area contributed by atoms with Crippen LogP contribution in [0.3, 0.4) is 0 Å². The van der Waals surface area contributed by atoms with E-state index in [1.807, 2.05) is 0 Å². The molecule has 2 nitrogen and oxygen atoms in total.